The molecule has 19 heavy (non-hydrogen) atoms. The van der Waals surface area contributed by atoms with Crippen LogP contribution in [0.15, 0.2) is 47.4 Å². The van der Waals surface area contributed by atoms with Crippen molar-refractivity contribution in [1.82, 2.24) is 0 Å². The first-order chi connectivity index (χ1) is 9.18. The molecule has 0 bridgehead atoms. The standard InChI is InChI=1S/C17H20OS/c1-13-9-10-14(2)17(15(13)3)18-11-12-19-16-7-5-4-6-8-16/h4-10H,11-12H2,1-3H3. The summed E-state index contributed by atoms with van der Waals surface area (Å²) in [5, 5.41) is 0. The number of thioether (sulfide) groups is 1. The van der Waals surface area contributed by atoms with Crippen LogP contribution in [0.2, 0.25) is 0 Å². The fourth-order valence-corrected chi connectivity index (χ4v) is 2.72. The van der Waals surface area contributed by atoms with Crippen LogP contribution < -0.4 is 4.74 Å². The molecule has 2 rings (SSSR count). The lowest BCUT2D eigenvalue weighted by Crippen LogP contribution is -2.03. The van der Waals surface area contributed by atoms with Gasteiger partial charge in [-0.15, -0.1) is 11.8 Å². The second kappa shape index (κ2) is 6.67. The predicted molar refractivity (Wildman–Crippen MR) is 83.3 cm³/mol. The van der Waals surface area contributed by atoms with Gasteiger partial charge in [0.15, 0.2) is 0 Å². The summed E-state index contributed by atoms with van der Waals surface area (Å²) >= 11 is 1.83. The maximum Gasteiger partial charge on any atom is 0.125 e. The van der Waals surface area contributed by atoms with E-state index >= 15 is 0 Å². The summed E-state index contributed by atoms with van der Waals surface area (Å²) in [6.45, 7) is 7.10. The number of hydrogen-bond acceptors (Lipinski definition) is 2. The fourth-order valence-electron chi connectivity index (χ4n) is 1.97. The van der Waals surface area contributed by atoms with Crippen molar-refractivity contribution in [1.29, 1.82) is 0 Å². The van der Waals surface area contributed by atoms with Crippen molar-refractivity contribution >= 4 is 11.8 Å². The Morgan fingerprint density at radius 3 is 2.32 bits per heavy atom. The van der Waals surface area contributed by atoms with Gasteiger partial charge >= 0.3 is 0 Å². The second-order valence-electron chi connectivity index (χ2n) is 4.66. The highest BCUT2D eigenvalue weighted by Gasteiger charge is 2.06. The minimum absolute atomic E-state index is 0.741. The number of rotatable bonds is 5. The van der Waals surface area contributed by atoms with E-state index in [0.717, 1.165) is 18.1 Å². The lowest BCUT2D eigenvalue weighted by molar-refractivity contribution is 0.339. The van der Waals surface area contributed by atoms with E-state index in [0.29, 0.717) is 0 Å². The molecular weight excluding hydrogens is 252 g/mol. The van der Waals surface area contributed by atoms with E-state index in [1.807, 2.05) is 17.8 Å². The normalized spacial score (nSPS) is 10.5. The molecule has 0 aromatic heterocycles. The lowest BCUT2D eigenvalue weighted by Gasteiger charge is -2.13. The Morgan fingerprint density at radius 2 is 1.58 bits per heavy atom. The molecule has 0 aliphatic carbocycles. The Kier molecular flexibility index (Phi) is 4.92. The summed E-state index contributed by atoms with van der Waals surface area (Å²) in [7, 11) is 0. The van der Waals surface area contributed by atoms with Crippen LogP contribution in [0, 0.1) is 20.8 Å². The Bertz CT molecular complexity index is 534. The van der Waals surface area contributed by atoms with Gasteiger partial charge < -0.3 is 4.74 Å². The maximum atomic E-state index is 5.95. The van der Waals surface area contributed by atoms with Gasteiger partial charge in [0.2, 0.25) is 0 Å². The van der Waals surface area contributed by atoms with Crippen LogP contribution in [0.3, 0.4) is 0 Å². The van der Waals surface area contributed by atoms with Crippen LogP contribution in [0.5, 0.6) is 5.75 Å². The van der Waals surface area contributed by atoms with E-state index in [1.54, 1.807) is 0 Å². The van der Waals surface area contributed by atoms with Crippen molar-refractivity contribution in [2.75, 3.05) is 12.4 Å². The topological polar surface area (TPSA) is 9.23 Å². The maximum absolute atomic E-state index is 5.95. The monoisotopic (exact) mass is 272 g/mol. The van der Waals surface area contributed by atoms with Crippen LogP contribution in [0.4, 0.5) is 0 Å². The number of benzene rings is 2. The molecule has 2 aromatic rings. The Morgan fingerprint density at radius 1 is 0.895 bits per heavy atom. The Balaban J connectivity index is 1.88. The third kappa shape index (κ3) is 3.77. The zero-order chi connectivity index (χ0) is 13.7. The quantitative estimate of drug-likeness (QED) is 0.572. The lowest BCUT2D eigenvalue weighted by atomic mass is 10.1. The van der Waals surface area contributed by atoms with Gasteiger partial charge in [-0.05, 0) is 49.6 Å². The zero-order valence-electron chi connectivity index (χ0n) is 11.8. The van der Waals surface area contributed by atoms with Crippen molar-refractivity contribution in [3.05, 3.63) is 59.2 Å². The molecule has 0 unspecified atom stereocenters. The highest BCUT2D eigenvalue weighted by Crippen LogP contribution is 2.26. The third-order valence-corrected chi connectivity index (χ3v) is 4.19. The molecule has 2 heteroatoms. The molecule has 0 spiro atoms. The SMILES string of the molecule is Cc1ccc(C)c(OCCSc2ccccc2)c1C. The minimum atomic E-state index is 0.741. The average Bonchev–Trinajstić information content (AvgIpc) is 2.43. The van der Waals surface area contributed by atoms with E-state index < -0.39 is 0 Å². The van der Waals surface area contributed by atoms with Gasteiger partial charge in [0.25, 0.3) is 0 Å². The van der Waals surface area contributed by atoms with E-state index in [4.69, 9.17) is 4.74 Å². The van der Waals surface area contributed by atoms with Gasteiger partial charge in [-0.3, -0.25) is 0 Å². The van der Waals surface area contributed by atoms with Crippen molar-refractivity contribution in [3.8, 4) is 5.75 Å². The molecule has 0 saturated heterocycles. The average molecular weight is 272 g/mol. The molecule has 0 aliphatic heterocycles. The molecule has 0 N–H and O–H groups in total. The summed E-state index contributed by atoms with van der Waals surface area (Å²) in [4.78, 5) is 1.30. The van der Waals surface area contributed by atoms with E-state index in [1.165, 1.54) is 21.6 Å². The van der Waals surface area contributed by atoms with Gasteiger partial charge in [0.1, 0.15) is 5.75 Å². The van der Waals surface area contributed by atoms with Crippen LogP contribution in [0.25, 0.3) is 0 Å². The third-order valence-electron chi connectivity index (χ3n) is 3.22. The van der Waals surface area contributed by atoms with Crippen molar-refractivity contribution in [2.45, 2.75) is 25.7 Å². The highest BCUT2D eigenvalue weighted by molar-refractivity contribution is 7.99. The molecule has 0 heterocycles. The summed E-state index contributed by atoms with van der Waals surface area (Å²) in [6.07, 6.45) is 0. The van der Waals surface area contributed by atoms with Gasteiger partial charge in [-0.2, -0.15) is 0 Å². The number of hydrogen-bond donors (Lipinski definition) is 0. The predicted octanol–water partition coefficient (Wildman–Crippen LogP) is 4.78. The summed E-state index contributed by atoms with van der Waals surface area (Å²) in [5.41, 5.74) is 3.76. The highest BCUT2D eigenvalue weighted by atomic mass is 32.2. The molecule has 0 radical (unpaired) electrons. The van der Waals surface area contributed by atoms with Crippen molar-refractivity contribution in [2.24, 2.45) is 0 Å². The largest absolute Gasteiger partial charge is 0.492 e. The summed E-state index contributed by atoms with van der Waals surface area (Å²) in [5.74, 6) is 2.02. The molecule has 1 nitrogen and oxygen atoms in total. The van der Waals surface area contributed by atoms with Crippen LogP contribution >= 0.6 is 11.8 Å². The van der Waals surface area contributed by atoms with Crippen molar-refractivity contribution < 1.29 is 4.74 Å². The molecular formula is C17H20OS. The molecule has 2 aromatic carbocycles. The fraction of sp³-hybridized carbons (Fsp3) is 0.294. The molecule has 100 valence electrons. The summed E-state index contributed by atoms with van der Waals surface area (Å²) < 4.78 is 5.95. The number of ether oxygens (including phenoxy) is 1. The van der Waals surface area contributed by atoms with Gasteiger partial charge in [-0.1, -0.05) is 30.3 Å². The van der Waals surface area contributed by atoms with E-state index in [-0.39, 0.29) is 0 Å². The number of aryl methyl sites for hydroxylation is 2. The first-order valence-electron chi connectivity index (χ1n) is 6.56. The molecule has 0 atom stereocenters. The van der Waals surface area contributed by atoms with Crippen LogP contribution in [-0.4, -0.2) is 12.4 Å². The van der Waals surface area contributed by atoms with Crippen molar-refractivity contribution in [3.63, 3.8) is 0 Å². The van der Waals surface area contributed by atoms with Crippen LogP contribution in [0.1, 0.15) is 16.7 Å². The van der Waals surface area contributed by atoms with Gasteiger partial charge in [0.05, 0.1) is 6.61 Å². The second-order valence-corrected chi connectivity index (χ2v) is 5.83. The Hall–Kier alpha value is -1.41. The van der Waals surface area contributed by atoms with E-state index in [2.05, 4.69) is 57.2 Å². The summed E-state index contributed by atoms with van der Waals surface area (Å²) in [6, 6.07) is 14.7. The first-order valence-corrected chi connectivity index (χ1v) is 7.54. The molecule has 0 fully saturated rings. The molecule has 0 saturated carbocycles. The minimum Gasteiger partial charge on any atom is -0.492 e. The van der Waals surface area contributed by atoms with Gasteiger partial charge in [0, 0.05) is 10.6 Å². The van der Waals surface area contributed by atoms with Crippen LogP contribution in [-0.2, 0) is 0 Å². The van der Waals surface area contributed by atoms with Gasteiger partial charge in [-0.25, -0.2) is 0 Å². The molecule has 0 aliphatic rings. The Labute approximate surface area is 120 Å². The van der Waals surface area contributed by atoms with E-state index in [9.17, 15) is 0 Å². The first kappa shape index (κ1) is 14.0. The smallest absolute Gasteiger partial charge is 0.125 e. The zero-order valence-corrected chi connectivity index (χ0v) is 12.6. The molecule has 0 amide bonds.